The van der Waals surface area contributed by atoms with Gasteiger partial charge in [0, 0.05) is 35.1 Å². The number of rotatable bonds is 7. The third-order valence-electron chi connectivity index (χ3n) is 5.54. The summed E-state index contributed by atoms with van der Waals surface area (Å²) in [5, 5.41) is 21.8. The molecule has 1 aliphatic carbocycles. The van der Waals surface area contributed by atoms with E-state index in [0.717, 1.165) is 39.2 Å². The van der Waals surface area contributed by atoms with E-state index in [2.05, 4.69) is 31.8 Å². The molecule has 0 bridgehead atoms. The fourth-order valence-corrected chi connectivity index (χ4v) is 4.43. The lowest BCUT2D eigenvalue weighted by Crippen LogP contribution is -2.31. The Morgan fingerprint density at radius 2 is 1.91 bits per heavy atom. The molecule has 1 atom stereocenters. The molecule has 0 amide bonds. The minimum atomic E-state index is -4.33. The van der Waals surface area contributed by atoms with Gasteiger partial charge in [-0.1, -0.05) is 23.5 Å². The van der Waals surface area contributed by atoms with Gasteiger partial charge in [-0.05, 0) is 55.2 Å². The van der Waals surface area contributed by atoms with Crippen LogP contribution >= 0.6 is 11.3 Å². The second-order valence-corrected chi connectivity index (χ2v) is 9.07. The highest BCUT2D eigenvalue weighted by Crippen LogP contribution is 2.42. The van der Waals surface area contributed by atoms with Crippen LogP contribution in [0.1, 0.15) is 35.6 Å². The largest absolute Gasteiger partial charge is 0.416 e. The molecule has 1 fully saturated rings. The van der Waals surface area contributed by atoms with Crippen LogP contribution < -0.4 is 11.1 Å². The third-order valence-corrected chi connectivity index (χ3v) is 6.47. The van der Waals surface area contributed by atoms with Gasteiger partial charge in [0.2, 0.25) is 5.13 Å². The lowest BCUT2D eigenvalue weighted by molar-refractivity contribution is -0.137. The summed E-state index contributed by atoms with van der Waals surface area (Å²) in [6.45, 7) is 0.433. The van der Waals surface area contributed by atoms with Gasteiger partial charge in [-0.25, -0.2) is 0 Å². The fraction of sp³-hybridized carbons (Fsp3) is 0.318. The number of nitrogens with one attached hydrogen (secondary N) is 2. The number of nitrogens with zero attached hydrogens (tertiary/aromatic N) is 3. The minimum Gasteiger partial charge on any atom is -0.359 e. The first-order valence-corrected chi connectivity index (χ1v) is 11.2. The van der Waals surface area contributed by atoms with Gasteiger partial charge < -0.3 is 11.1 Å². The molecule has 0 unspecified atom stereocenters. The van der Waals surface area contributed by atoms with Crippen molar-refractivity contribution in [3.8, 4) is 10.6 Å². The SMILES string of the molecule is N[C@H](CNc1nnc(-c2ccc3n[nH]c(C4CC4)c3c2)s1)Cc1ccc(C(F)(F)F)cc1. The Labute approximate surface area is 186 Å². The average Bonchev–Trinajstić information content (AvgIpc) is 3.34. The highest BCUT2D eigenvalue weighted by Gasteiger charge is 2.30. The van der Waals surface area contributed by atoms with Crippen LogP contribution in [-0.2, 0) is 12.6 Å². The molecule has 166 valence electrons. The van der Waals surface area contributed by atoms with Crippen molar-refractivity contribution in [1.29, 1.82) is 0 Å². The number of H-pyrrole nitrogens is 1. The summed E-state index contributed by atoms with van der Waals surface area (Å²) in [5.41, 5.74) is 9.38. The van der Waals surface area contributed by atoms with E-state index in [9.17, 15) is 13.2 Å². The van der Waals surface area contributed by atoms with Gasteiger partial charge in [-0.2, -0.15) is 18.3 Å². The van der Waals surface area contributed by atoms with Gasteiger partial charge in [0.15, 0.2) is 0 Å². The van der Waals surface area contributed by atoms with E-state index in [1.54, 1.807) is 0 Å². The molecule has 0 saturated heterocycles. The number of anilines is 1. The maximum absolute atomic E-state index is 12.7. The van der Waals surface area contributed by atoms with E-state index in [0.29, 0.717) is 24.0 Å². The summed E-state index contributed by atoms with van der Waals surface area (Å²) < 4.78 is 38.0. The summed E-state index contributed by atoms with van der Waals surface area (Å²) in [6, 6.07) is 10.9. The van der Waals surface area contributed by atoms with E-state index in [1.165, 1.54) is 42.0 Å². The third kappa shape index (κ3) is 4.46. The number of aromatic nitrogens is 4. The number of fused-ring (bicyclic) bond motifs is 1. The van der Waals surface area contributed by atoms with Crippen LogP contribution in [0, 0.1) is 0 Å². The van der Waals surface area contributed by atoms with Crippen molar-refractivity contribution < 1.29 is 13.2 Å². The molecule has 10 heteroatoms. The predicted molar refractivity (Wildman–Crippen MR) is 119 cm³/mol. The number of hydrogen-bond donors (Lipinski definition) is 3. The number of nitrogens with two attached hydrogens (primary N) is 1. The van der Waals surface area contributed by atoms with Crippen molar-refractivity contribution in [3.05, 3.63) is 59.3 Å². The summed E-state index contributed by atoms with van der Waals surface area (Å²) in [5.74, 6) is 0.577. The van der Waals surface area contributed by atoms with Crippen LogP contribution in [-0.4, -0.2) is 33.0 Å². The molecule has 1 saturated carbocycles. The van der Waals surface area contributed by atoms with Gasteiger partial charge >= 0.3 is 6.18 Å². The number of alkyl halides is 3. The normalized spacial score (nSPS) is 15.2. The Morgan fingerprint density at radius 3 is 2.62 bits per heavy atom. The maximum Gasteiger partial charge on any atom is 0.416 e. The number of hydrogen-bond acceptors (Lipinski definition) is 6. The molecule has 32 heavy (non-hydrogen) atoms. The lowest BCUT2D eigenvalue weighted by atomic mass is 10.0. The molecular weight excluding hydrogens is 437 g/mol. The first-order chi connectivity index (χ1) is 15.4. The Bertz CT molecular complexity index is 1230. The number of halogens is 3. The first-order valence-electron chi connectivity index (χ1n) is 10.3. The highest BCUT2D eigenvalue weighted by molar-refractivity contribution is 7.18. The van der Waals surface area contributed by atoms with E-state index >= 15 is 0 Å². The smallest absolute Gasteiger partial charge is 0.359 e. The molecule has 6 nitrogen and oxygen atoms in total. The zero-order chi connectivity index (χ0) is 22.3. The van der Waals surface area contributed by atoms with E-state index in [4.69, 9.17) is 5.73 Å². The molecule has 1 aliphatic rings. The molecular formula is C22H21F3N6S. The number of benzene rings is 2. The molecule has 5 rings (SSSR count). The summed E-state index contributed by atoms with van der Waals surface area (Å²) >= 11 is 1.44. The molecule has 4 N–H and O–H groups in total. The molecule has 0 spiro atoms. The first kappa shape index (κ1) is 20.9. The van der Waals surface area contributed by atoms with E-state index in [-0.39, 0.29) is 6.04 Å². The second kappa shape index (κ2) is 8.18. The Kier molecular flexibility index (Phi) is 5.34. The van der Waals surface area contributed by atoms with Crippen LogP contribution in [0.25, 0.3) is 21.5 Å². The van der Waals surface area contributed by atoms with Crippen molar-refractivity contribution in [1.82, 2.24) is 20.4 Å². The molecule has 2 heterocycles. The van der Waals surface area contributed by atoms with Crippen molar-refractivity contribution in [2.75, 3.05) is 11.9 Å². The Hall–Kier alpha value is -2.98. The van der Waals surface area contributed by atoms with Crippen LogP contribution in [0.3, 0.4) is 0 Å². The zero-order valence-corrected chi connectivity index (χ0v) is 17.8. The van der Waals surface area contributed by atoms with Crippen molar-refractivity contribution >= 4 is 27.4 Å². The minimum absolute atomic E-state index is 0.275. The number of aromatic amines is 1. The topological polar surface area (TPSA) is 92.5 Å². The van der Waals surface area contributed by atoms with Crippen LogP contribution in [0.5, 0.6) is 0 Å². The molecule has 0 radical (unpaired) electrons. The molecule has 2 aromatic heterocycles. The van der Waals surface area contributed by atoms with Crippen LogP contribution in [0.4, 0.5) is 18.3 Å². The Morgan fingerprint density at radius 1 is 1.12 bits per heavy atom. The van der Waals surface area contributed by atoms with Crippen molar-refractivity contribution in [2.45, 2.75) is 37.4 Å². The standard InChI is InChI=1S/C22H21F3N6S/c23-22(24,25)15-6-1-12(2-7-15)9-16(26)11-27-21-31-30-20(32-21)14-5-8-18-17(10-14)19(29-28-18)13-3-4-13/h1-2,5-8,10,13,16H,3-4,9,11,26H2,(H,27,31)(H,28,29)/t16-/m0/s1. The van der Waals surface area contributed by atoms with Gasteiger partial charge in [0.1, 0.15) is 5.01 Å². The van der Waals surface area contributed by atoms with Gasteiger partial charge in [-0.3, -0.25) is 5.10 Å². The molecule has 0 aliphatic heterocycles. The fourth-order valence-electron chi connectivity index (χ4n) is 3.68. The quantitative estimate of drug-likeness (QED) is 0.364. The average molecular weight is 459 g/mol. The highest BCUT2D eigenvalue weighted by atomic mass is 32.1. The van der Waals surface area contributed by atoms with Crippen molar-refractivity contribution in [2.24, 2.45) is 5.73 Å². The van der Waals surface area contributed by atoms with Gasteiger partial charge in [-0.15, -0.1) is 10.2 Å². The van der Waals surface area contributed by atoms with Gasteiger partial charge in [0.05, 0.1) is 11.1 Å². The second-order valence-electron chi connectivity index (χ2n) is 8.10. The molecule has 2 aromatic carbocycles. The molecule has 4 aromatic rings. The van der Waals surface area contributed by atoms with Crippen LogP contribution in [0.2, 0.25) is 0 Å². The van der Waals surface area contributed by atoms with Gasteiger partial charge in [0.25, 0.3) is 0 Å². The maximum atomic E-state index is 12.7. The summed E-state index contributed by atoms with van der Waals surface area (Å²) in [6.07, 6.45) is -1.49. The zero-order valence-electron chi connectivity index (χ0n) is 17.0. The summed E-state index contributed by atoms with van der Waals surface area (Å²) in [7, 11) is 0. The Balaban J connectivity index is 1.21. The van der Waals surface area contributed by atoms with E-state index in [1.807, 2.05) is 12.1 Å². The monoisotopic (exact) mass is 458 g/mol. The van der Waals surface area contributed by atoms with E-state index < -0.39 is 11.7 Å². The van der Waals surface area contributed by atoms with Crippen molar-refractivity contribution in [3.63, 3.8) is 0 Å². The van der Waals surface area contributed by atoms with Crippen LogP contribution in [0.15, 0.2) is 42.5 Å². The predicted octanol–water partition coefficient (Wildman–Crippen LogP) is 4.96. The lowest BCUT2D eigenvalue weighted by Gasteiger charge is -2.13. The summed E-state index contributed by atoms with van der Waals surface area (Å²) in [4.78, 5) is 0.